The second kappa shape index (κ2) is 8.42. The molecule has 1 atom stereocenters. The minimum Gasteiger partial charge on any atom is -0.381 e. The fraction of sp³-hybridized carbons (Fsp3) is 0.609. The summed E-state index contributed by atoms with van der Waals surface area (Å²) >= 11 is 1.94. The van der Waals surface area contributed by atoms with E-state index in [0.29, 0.717) is 0 Å². The first-order valence-corrected chi connectivity index (χ1v) is 11.0. The van der Waals surface area contributed by atoms with Crippen LogP contribution in [0.15, 0.2) is 30.5 Å². The number of ether oxygens (including phenoxy) is 1. The molecule has 3 rings (SSSR count). The van der Waals surface area contributed by atoms with Crippen LogP contribution in [-0.2, 0) is 16.7 Å². The van der Waals surface area contributed by atoms with Crippen molar-refractivity contribution in [2.75, 3.05) is 26.3 Å². The Hall–Kier alpha value is -1.23. The van der Waals surface area contributed by atoms with Gasteiger partial charge in [-0.25, -0.2) is 0 Å². The summed E-state index contributed by atoms with van der Waals surface area (Å²) in [5.41, 5.74) is 2.62. The number of aromatic nitrogens is 1. The summed E-state index contributed by atoms with van der Waals surface area (Å²) in [6.45, 7) is 14.9. The number of hydrogen-bond acceptors (Lipinski definition) is 4. The van der Waals surface area contributed by atoms with Gasteiger partial charge in [-0.15, -0.1) is 11.3 Å². The van der Waals surface area contributed by atoms with Crippen molar-refractivity contribution >= 4 is 11.3 Å². The van der Waals surface area contributed by atoms with E-state index >= 15 is 0 Å². The molecule has 3 nitrogen and oxygen atoms in total. The molecule has 1 fully saturated rings. The van der Waals surface area contributed by atoms with Crippen LogP contribution >= 0.6 is 11.3 Å². The highest BCUT2D eigenvalue weighted by atomic mass is 32.1. The van der Waals surface area contributed by atoms with E-state index in [1.54, 1.807) is 0 Å². The Labute approximate surface area is 168 Å². The standard InChI is InChI=1S/C23H34N2OS/c1-6-26-17-23(12-11-21-10-8-19(3)27-21)13-14-25(16-23)22(4,5)20-9-7-18(2)24-15-20/h7-10,15H,6,11-14,16-17H2,1-5H3. The second-order valence-electron chi connectivity index (χ2n) is 8.57. The zero-order chi connectivity index (χ0) is 19.5. The summed E-state index contributed by atoms with van der Waals surface area (Å²) in [7, 11) is 0. The zero-order valence-corrected chi connectivity index (χ0v) is 18.4. The first-order chi connectivity index (χ1) is 12.8. The minimum atomic E-state index is -0.00577. The molecule has 1 aliphatic rings. The summed E-state index contributed by atoms with van der Waals surface area (Å²) in [5, 5.41) is 0. The Kier molecular flexibility index (Phi) is 6.39. The number of thiophene rings is 1. The Morgan fingerprint density at radius 2 is 2.04 bits per heavy atom. The van der Waals surface area contributed by atoms with Crippen LogP contribution in [0.3, 0.4) is 0 Å². The molecule has 148 valence electrons. The molecule has 0 radical (unpaired) electrons. The normalized spacial score (nSPS) is 21.1. The highest BCUT2D eigenvalue weighted by molar-refractivity contribution is 7.11. The van der Waals surface area contributed by atoms with Crippen molar-refractivity contribution in [3.05, 3.63) is 51.5 Å². The number of likely N-dealkylation sites (tertiary alicyclic amines) is 1. The summed E-state index contributed by atoms with van der Waals surface area (Å²) < 4.78 is 5.96. The van der Waals surface area contributed by atoms with Gasteiger partial charge in [-0.2, -0.15) is 0 Å². The fourth-order valence-electron chi connectivity index (χ4n) is 4.15. The van der Waals surface area contributed by atoms with Crippen LogP contribution in [0.1, 0.15) is 54.6 Å². The van der Waals surface area contributed by atoms with Crippen LogP contribution in [0.5, 0.6) is 0 Å². The Morgan fingerprint density at radius 3 is 2.67 bits per heavy atom. The van der Waals surface area contributed by atoms with Crippen molar-refractivity contribution in [1.29, 1.82) is 0 Å². The van der Waals surface area contributed by atoms with Gasteiger partial charge < -0.3 is 4.74 Å². The molecule has 0 amide bonds. The van der Waals surface area contributed by atoms with Crippen molar-refractivity contribution in [3.63, 3.8) is 0 Å². The van der Waals surface area contributed by atoms with E-state index in [4.69, 9.17) is 4.74 Å². The van der Waals surface area contributed by atoms with Crippen molar-refractivity contribution in [2.45, 2.75) is 59.4 Å². The molecule has 0 bridgehead atoms. The first-order valence-electron chi connectivity index (χ1n) is 10.2. The summed E-state index contributed by atoms with van der Waals surface area (Å²) in [5.74, 6) is 0. The van der Waals surface area contributed by atoms with Gasteiger partial charge in [-0.1, -0.05) is 6.07 Å². The molecule has 1 aliphatic heterocycles. The summed E-state index contributed by atoms with van der Waals surface area (Å²) in [6, 6.07) is 8.89. The molecule has 1 saturated heterocycles. The lowest BCUT2D eigenvalue weighted by Gasteiger charge is -2.38. The third-order valence-electron chi connectivity index (χ3n) is 6.16. The van der Waals surface area contributed by atoms with Crippen LogP contribution < -0.4 is 0 Å². The molecule has 2 aromatic rings. The van der Waals surface area contributed by atoms with E-state index < -0.39 is 0 Å². The molecular formula is C23H34N2OS. The third-order valence-corrected chi connectivity index (χ3v) is 7.22. The van der Waals surface area contributed by atoms with Gasteiger partial charge in [-0.3, -0.25) is 9.88 Å². The highest BCUT2D eigenvalue weighted by Gasteiger charge is 2.43. The van der Waals surface area contributed by atoms with E-state index in [1.807, 2.05) is 24.5 Å². The average molecular weight is 387 g/mol. The number of pyridine rings is 1. The van der Waals surface area contributed by atoms with Crippen molar-refractivity contribution < 1.29 is 4.74 Å². The molecule has 4 heteroatoms. The fourth-order valence-corrected chi connectivity index (χ4v) is 5.03. The maximum Gasteiger partial charge on any atom is 0.0535 e. The second-order valence-corrected chi connectivity index (χ2v) is 9.94. The molecule has 0 spiro atoms. The van der Waals surface area contributed by atoms with E-state index in [-0.39, 0.29) is 11.0 Å². The molecule has 0 aliphatic carbocycles. The van der Waals surface area contributed by atoms with E-state index in [0.717, 1.165) is 38.4 Å². The van der Waals surface area contributed by atoms with Gasteiger partial charge >= 0.3 is 0 Å². The van der Waals surface area contributed by atoms with Crippen LogP contribution in [0.4, 0.5) is 0 Å². The Morgan fingerprint density at radius 1 is 1.22 bits per heavy atom. The molecule has 0 aromatic carbocycles. The number of aryl methyl sites for hydroxylation is 3. The SMILES string of the molecule is CCOCC1(CCc2ccc(C)s2)CCN(C(C)(C)c2ccc(C)nc2)C1. The topological polar surface area (TPSA) is 25.4 Å². The van der Waals surface area contributed by atoms with Crippen LogP contribution in [0, 0.1) is 19.3 Å². The van der Waals surface area contributed by atoms with Crippen LogP contribution in [0.2, 0.25) is 0 Å². The predicted octanol–water partition coefficient (Wildman–Crippen LogP) is 5.36. The van der Waals surface area contributed by atoms with Gasteiger partial charge in [0.2, 0.25) is 0 Å². The number of nitrogens with zero attached hydrogens (tertiary/aromatic N) is 2. The predicted molar refractivity (Wildman–Crippen MR) is 114 cm³/mol. The van der Waals surface area contributed by atoms with Crippen LogP contribution in [-0.4, -0.2) is 36.2 Å². The third kappa shape index (κ3) is 4.79. The summed E-state index contributed by atoms with van der Waals surface area (Å²) in [6.07, 6.45) is 5.62. The molecule has 3 heterocycles. The lowest BCUT2D eigenvalue weighted by Crippen LogP contribution is -2.42. The molecule has 0 N–H and O–H groups in total. The first kappa shape index (κ1) is 20.5. The Bertz CT molecular complexity index is 737. The molecule has 0 saturated carbocycles. The number of rotatable bonds is 8. The van der Waals surface area contributed by atoms with E-state index in [2.05, 4.69) is 61.8 Å². The molecular weight excluding hydrogens is 352 g/mol. The minimum absolute atomic E-state index is 0.00577. The Balaban J connectivity index is 1.73. The smallest absolute Gasteiger partial charge is 0.0535 e. The molecule has 1 unspecified atom stereocenters. The highest BCUT2D eigenvalue weighted by Crippen LogP contribution is 2.42. The maximum atomic E-state index is 5.96. The monoisotopic (exact) mass is 386 g/mol. The van der Waals surface area contributed by atoms with Crippen molar-refractivity contribution in [2.24, 2.45) is 5.41 Å². The van der Waals surface area contributed by atoms with E-state index in [9.17, 15) is 0 Å². The van der Waals surface area contributed by atoms with Crippen molar-refractivity contribution in [1.82, 2.24) is 9.88 Å². The van der Waals surface area contributed by atoms with Gasteiger partial charge in [0.15, 0.2) is 0 Å². The lowest BCUT2D eigenvalue weighted by molar-refractivity contribution is 0.0386. The average Bonchev–Trinajstić information content (AvgIpc) is 3.26. The molecule has 2 aromatic heterocycles. The quantitative estimate of drug-likeness (QED) is 0.611. The van der Waals surface area contributed by atoms with Gasteiger partial charge in [0, 0.05) is 45.8 Å². The van der Waals surface area contributed by atoms with Gasteiger partial charge in [0.25, 0.3) is 0 Å². The van der Waals surface area contributed by atoms with Gasteiger partial charge in [-0.05, 0) is 84.2 Å². The maximum absolute atomic E-state index is 5.96. The number of hydrogen-bond donors (Lipinski definition) is 0. The zero-order valence-electron chi connectivity index (χ0n) is 17.5. The van der Waals surface area contributed by atoms with Gasteiger partial charge in [0.1, 0.15) is 0 Å². The largest absolute Gasteiger partial charge is 0.381 e. The van der Waals surface area contributed by atoms with Crippen molar-refractivity contribution in [3.8, 4) is 0 Å². The van der Waals surface area contributed by atoms with Gasteiger partial charge in [0.05, 0.1) is 6.61 Å². The molecule has 27 heavy (non-hydrogen) atoms. The van der Waals surface area contributed by atoms with E-state index in [1.165, 1.54) is 28.2 Å². The lowest BCUT2D eigenvalue weighted by atomic mass is 9.82. The summed E-state index contributed by atoms with van der Waals surface area (Å²) in [4.78, 5) is 10.1. The van der Waals surface area contributed by atoms with Crippen LogP contribution in [0.25, 0.3) is 0 Å².